The zero-order chi connectivity index (χ0) is 13.5. The quantitative estimate of drug-likeness (QED) is 0.882. The summed E-state index contributed by atoms with van der Waals surface area (Å²) >= 11 is 5.79. The molecule has 1 aromatic heterocycles. The van der Waals surface area contributed by atoms with Gasteiger partial charge in [0, 0.05) is 5.56 Å². The molecular formula is C14H15ClFN3. The molecule has 1 saturated carbocycles. The lowest BCUT2D eigenvalue weighted by atomic mass is 9.99. The predicted molar refractivity (Wildman–Crippen MR) is 73.3 cm³/mol. The highest BCUT2D eigenvalue weighted by atomic mass is 35.5. The molecule has 100 valence electrons. The third-order valence-corrected chi connectivity index (χ3v) is 4.06. The van der Waals surface area contributed by atoms with E-state index in [0.717, 1.165) is 42.8 Å². The highest BCUT2D eigenvalue weighted by Crippen LogP contribution is 2.35. The lowest BCUT2D eigenvalue weighted by Crippen LogP contribution is -2.34. The Morgan fingerprint density at radius 1 is 1.32 bits per heavy atom. The second-order valence-corrected chi connectivity index (χ2v) is 5.54. The molecule has 0 aliphatic heterocycles. The van der Waals surface area contributed by atoms with Crippen molar-refractivity contribution in [3.63, 3.8) is 0 Å². The van der Waals surface area contributed by atoms with Crippen molar-refractivity contribution < 1.29 is 4.39 Å². The molecule has 1 aliphatic carbocycles. The lowest BCUT2D eigenvalue weighted by Gasteiger charge is -2.20. The third-order valence-electron chi connectivity index (χ3n) is 3.77. The molecule has 19 heavy (non-hydrogen) atoms. The van der Waals surface area contributed by atoms with Gasteiger partial charge in [0.25, 0.3) is 0 Å². The third kappa shape index (κ3) is 2.26. The number of nitrogens with one attached hydrogen (secondary N) is 1. The molecule has 1 heterocycles. The van der Waals surface area contributed by atoms with Crippen LogP contribution >= 0.6 is 11.6 Å². The van der Waals surface area contributed by atoms with E-state index in [0.29, 0.717) is 0 Å². The number of imidazole rings is 1. The Hall–Kier alpha value is -1.39. The molecule has 0 amide bonds. The Bertz CT molecular complexity index is 602. The zero-order valence-corrected chi connectivity index (χ0v) is 11.2. The van der Waals surface area contributed by atoms with Gasteiger partial charge in [-0.15, -0.1) is 0 Å². The van der Waals surface area contributed by atoms with Crippen molar-refractivity contribution in [2.24, 2.45) is 5.73 Å². The average molecular weight is 280 g/mol. The topological polar surface area (TPSA) is 54.7 Å². The van der Waals surface area contributed by atoms with Crippen molar-refractivity contribution in [2.45, 2.75) is 31.2 Å². The molecule has 2 aromatic rings. The summed E-state index contributed by atoms with van der Waals surface area (Å²) in [6.07, 6.45) is 5.89. The number of H-pyrrole nitrogens is 1. The first-order valence-electron chi connectivity index (χ1n) is 6.38. The fourth-order valence-corrected chi connectivity index (χ4v) is 2.81. The van der Waals surface area contributed by atoms with Crippen molar-refractivity contribution in [2.75, 3.05) is 0 Å². The van der Waals surface area contributed by atoms with Gasteiger partial charge in [-0.2, -0.15) is 0 Å². The van der Waals surface area contributed by atoms with Gasteiger partial charge in [-0.25, -0.2) is 9.37 Å². The lowest BCUT2D eigenvalue weighted by molar-refractivity contribution is 0.436. The summed E-state index contributed by atoms with van der Waals surface area (Å²) in [5.41, 5.74) is 7.63. The van der Waals surface area contributed by atoms with E-state index in [4.69, 9.17) is 17.3 Å². The van der Waals surface area contributed by atoms with Gasteiger partial charge >= 0.3 is 0 Å². The van der Waals surface area contributed by atoms with E-state index in [-0.39, 0.29) is 10.6 Å². The summed E-state index contributed by atoms with van der Waals surface area (Å²) in [7, 11) is 0. The fourth-order valence-electron chi connectivity index (χ4n) is 2.63. The number of aromatic amines is 1. The van der Waals surface area contributed by atoms with Crippen LogP contribution in [0.15, 0.2) is 24.4 Å². The van der Waals surface area contributed by atoms with Gasteiger partial charge in [-0.3, -0.25) is 0 Å². The Balaban J connectivity index is 1.94. The molecule has 0 saturated heterocycles. The molecule has 1 aromatic carbocycles. The van der Waals surface area contributed by atoms with Crippen LogP contribution in [0.4, 0.5) is 4.39 Å². The van der Waals surface area contributed by atoms with Gasteiger partial charge in [0.15, 0.2) is 0 Å². The number of aromatic nitrogens is 2. The number of rotatable bonds is 2. The molecule has 0 radical (unpaired) electrons. The van der Waals surface area contributed by atoms with Crippen molar-refractivity contribution in [1.29, 1.82) is 0 Å². The smallest absolute Gasteiger partial charge is 0.141 e. The first-order valence-corrected chi connectivity index (χ1v) is 6.76. The fraction of sp³-hybridized carbons (Fsp3) is 0.357. The largest absolute Gasteiger partial charge is 0.340 e. The average Bonchev–Trinajstić information content (AvgIpc) is 3.02. The molecule has 0 atom stereocenters. The van der Waals surface area contributed by atoms with Crippen LogP contribution < -0.4 is 5.73 Å². The van der Waals surface area contributed by atoms with E-state index in [1.807, 2.05) is 0 Å². The minimum atomic E-state index is -0.420. The molecule has 1 aliphatic rings. The van der Waals surface area contributed by atoms with Gasteiger partial charge in [-0.05, 0) is 31.0 Å². The highest BCUT2D eigenvalue weighted by Gasteiger charge is 2.33. The molecule has 3 N–H and O–H groups in total. The van der Waals surface area contributed by atoms with Crippen molar-refractivity contribution in [3.05, 3.63) is 41.1 Å². The van der Waals surface area contributed by atoms with E-state index in [2.05, 4.69) is 9.97 Å². The second kappa shape index (κ2) is 4.62. The SMILES string of the molecule is NC1(c2ncc(-c3ccc(F)c(Cl)c3)[nH]2)CCCC1. The monoisotopic (exact) mass is 279 g/mol. The van der Waals surface area contributed by atoms with Gasteiger partial charge in [0.1, 0.15) is 11.6 Å². The Kier molecular flexibility index (Phi) is 3.07. The van der Waals surface area contributed by atoms with Crippen LogP contribution in [-0.4, -0.2) is 9.97 Å². The van der Waals surface area contributed by atoms with Crippen molar-refractivity contribution in [3.8, 4) is 11.3 Å². The van der Waals surface area contributed by atoms with E-state index in [9.17, 15) is 4.39 Å². The number of hydrogen-bond acceptors (Lipinski definition) is 2. The first kappa shape index (κ1) is 12.6. The maximum absolute atomic E-state index is 13.1. The number of nitrogens with two attached hydrogens (primary N) is 1. The molecule has 0 unspecified atom stereocenters. The molecular weight excluding hydrogens is 265 g/mol. The Morgan fingerprint density at radius 3 is 2.74 bits per heavy atom. The van der Waals surface area contributed by atoms with E-state index < -0.39 is 5.82 Å². The summed E-state index contributed by atoms with van der Waals surface area (Å²) in [6.45, 7) is 0. The summed E-state index contributed by atoms with van der Waals surface area (Å²) in [5.74, 6) is 0.386. The normalized spacial score (nSPS) is 17.8. The van der Waals surface area contributed by atoms with Crippen LogP contribution in [0.1, 0.15) is 31.5 Å². The van der Waals surface area contributed by atoms with Crippen LogP contribution in [0.5, 0.6) is 0 Å². The molecule has 0 spiro atoms. The van der Waals surface area contributed by atoms with Crippen molar-refractivity contribution >= 4 is 11.6 Å². The summed E-state index contributed by atoms with van der Waals surface area (Å²) < 4.78 is 13.1. The maximum Gasteiger partial charge on any atom is 0.141 e. The number of halogens is 2. The Labute approximate surface area is 116 Å². The number of benzene rings is 1. The molecule has 3 nitrogen and oxygen atoms in total. The minimum Gasteiger partial charge on any atom is -0.340 e. The van der Waals surface area contributed by atoms with Crippen LogP contribution in [0.25, 0.3) is 11.3 Å². The standard InChI is InChI=1S/C14H15ClFN3/c15-10-7-9(3-4-11(10)16)12-8-18-13(19-12)14(17)5-1-2-6-14/h3-4,7-8H,1-2,5-6,17H2,(H,18,19). The van der Waals surface area contributed by atoms with E-state index in [1.54, 1.807) is 18.3 Å². The van der Waals surface area contributed by atoms with E-state index >= 15 is 0 Å². The van der Waals surface area contributed by atoms with Crippen LogP contribution in [0, 0.1) is 5.82 Å². The van der Waals surface area contributed by atoms with Gasteiger partial charge in [0.05, 0.1) is 22.5 Å². The zero-order valence-electron chi connectivity index (χ0n) is 10.4. The summed E-state index contributed by atoms with van der Waals surface area (Å²) in [4.78, 5) is 7.62. The molecule has 0 bridgehead atoms. The minimum absolute atomic E-state index is 0.108. The molecule has 3 rings (SSSR count). The Morgan fingerprint density at radius 2 is 2.05 bits per heavy atom. The summed E-state index contributed by atoms with van der Waals surface area (Å²) in [5, 5.41) is 0.108. The van der Waals surface area contributed by atoms with Gasteiger partial charge < -0.3 is 10.7 Å². The predicted octanol–water partition coefficient (Wildman–Crippen LogP) is 3.60. The first-order chi connectivity index (χ1) is 9.08. The molecule has 1 fully saturated rings. The van der Waals surface area contributed by atoms with Gasteiger partial charge in [0.2, 0.25) is 0 Å². The van der Waals surface area contributed by atoms with Gasteiger partial charge in [-0.1, -0.05) is 24.4 Å². The summed E-state index contributed by atoms with van der Waals surface area (Å²) in [6, 6.07) is 4.62. The molecule has 5 heteroatoms. The second-order valence-electron chi connectivity index (χ2n) is 5.14. The highest BCUT2D eigenvalue weighted by molar-refractivity contribution is 6.31. The van der Waals surface area contributed by atoms with E-state index in [1.165, 1.54) is 6.07 Å². The van der Waals surface area contributed by atoms with Crippen LogP contribution in [0.3, 0.4) is 0 Å². The number of nitrogens with zero attached hydrogens (tertiary/aromatic N) is 1. The van der Waals surface area contributed by atoms with Crippen LogP contribution in [-0.2, 0) is 5.54 Å². The number of hydrogen-bond donors (Lipinski definition) is 2. The maximum atomic E-state index is 13.1. The van der Waals surface area contributed by atoms with Crippen LogP contribution in [0.2, 0.25) is 5.02 Å². The van der Waals surface area contributed by atoms with Crippen molar-refractivity contribution in [1.82, 2.24) is 9.97 Å².